The Balaban J connectivity index is -0.000000307. The van der Waals surface area contributed by atoms with Crippen LogP contribution in [0.25, 0.3) is 0 Å². The van der Waals surface area contributed by atoms with Gasteiger partial charge in [-0.15, -0.1) is 0 Å². The third kappa shape index (κ3) is 25.4. The molecule has 0 aromatic rings. The van der Waals surface area contributed by atoms with E-state index in [0.29, 0.717) is 19.3 Å². The van der Waals surface area contributed by atoms with Gasteiger partial charge in [-0.3, -0.25) is 0 Å². The van der Waals surface area contributed by atoms with E-state index in [1.807, 2.05) is 41.5 Å². The molecule has 0 aliphatic carbocycles. The first-order chi connectivity index (χ1) is 22.9. The number of hydrogen-bond donors (Lipinski definition) is 0. The number of carbonyl (C=O) groups excluding carboxylic acids is 3. The Bertz CT molecular complexity index is 674. The third-order valence-electron chi connectivity index (χ3n) is 10.8. The fourth-order valence-corrected chi connectivity index (χ4v) is 7.12. The summed E-state index contributed by atoms with van der Waals surface area (Å²) < 4.78 is 0. The topological polar surface area (TPSA) is 120 Å². The minimum absolute atomic E-state index is 0. The van der Waals surface area contributed by atoms with Gasteiger partial charge in [-0.05, 0) is 57.8 Å². The van der Waals surface area contributed by atoms with Crippen molar-refractivity contribution in [2.24, 2.45) is 16.2 Å². The second kappa shape index (κ2) is 36.1. The minimum Gasteiger partial charge on any atom is -0.550 e. The summed E-state index contributed by atoms with van der Waals surface area (Å²) in [6.07, 6.45) is 27.3. The number of unbranched alkanes of at least 4 members (excludes halogenated alkanes) is 12. The number of rotatable bonds is 30. The Morgan fingerprint density at radius 2 is 0.531 bits per heavy atom. The van der Waals surface area contributed by atoms with E-state index in [1.54, 1.807) is 0 Å². The number of hydrogen-bond acceptors (Lipinski definition) is 6. The monoisotopic (exact) mass is 824 g/mol. The van der Waals surface area contributed by atoms with Crippen molar-refractivity contribution in [3.63, 3.8) is 0 Å². The van der Waals surface area contributed by atoms with Crippen molar-refractivity contribution >= 4 is 17.9 Å². The van der Waals surface area contributed by atoms with Crippen LogP contribution in [0.5, 0.6) is 0 Å². The first kappa shape index (κ1) is 55.5. The van der Waals surface area contributed by atoms with Crippen molar-refractivity contribution in [2.45, 2.75) is 236 Å². The molecule has 3 unspecified atom stereocenters. The average molecular weight is 826 g/mol. The first-order valence-corrected chi connectivity index (χ1v) is 20.5. The molecular formula is C42H81NdO6. The molecule has 0 saturated heterocycles. The van der Waals surface area contributed by atoms with E-state index in [4.69, 9.17) is 0 Å². The molecule has 7 heteroatoms. The van der Waals surface area contributed by atoms with E-state index in [0.717, 1.165) is 96.3 Å². The van der Waals surface area contributed by atoms with Crippen LogP contribution in [0.3, 0.4) is 0 Å². The summed E-state index contributed by atoms with van der Waals surface area (Å²) in [6, 6.07) is 0. The van der Waals surface area contributed by atoms with Crippen molar-refractivity contribution in [3.8, 4) is 0 Å². The molecule has 1 radical (unpaired) electrons. The first-order valence-electron chi connectivity index (χ1n) is 20.5. The van der Waals surface area contributed by atoms with Gasteiger partial charge in [0.05, 0.1) is 0 Å². The van der Waals surface area contributed by atoms with Crippen molar-refractivity contribution in [1.82, 2.24) is 0 Å². The number of carbonyl (C=O) groups is 3. The molecule has 0 N–H and O–H groups in total. The average Bonchev–Trinajstić information content (AvgIpc) is 3.06. The van der Waals surface area contributed by atoms with E-state index in [-0.39, 0.29) is 40.8 Å². The Morgan fingerprint density at radius 1 is 0.327 bits per heavy atom. The smallest absolute Gasteiger partial charge is 0.550 e. The zero-order valence-corrected chi connectivity index (χ0v) is 37.2. The van der Waals surface area contributed by atoms with Crippen LogP contribution in [0.4, 0.5) is 0 Å². The van der Waals surface area contributed by atoms with Crippen LogP contribution in [0.2, 0.25) is 0 Å². The van der Waals surface area contributed by atoms with Crippen LogP contribution in [-0.4, -0.2) is 17.9 Å². The van der Waals surface area contributed by atoms with E-state index in [2.05, 4.69) is 20.8 Å². The fourth-order valence-electron chi connectivity index (χ4n) is 7.12. The zero-order chi connectivity index (χ0) is 37.3. The Kier molecular flexibility index (Phi) is 40.9. The van der Waals surface area contributed by atoms with Crippen LogP contribution >= 0.6 is 0 Å². The SMILES string of the molecule is CCCCCCCC(CC)(CCC)C(=O)[O-].CCCCCCCC(CC)(CCC)C(=O)[O-].CCCCCCCC(CC)(CCC)C(=O)[O-].[Nd+3]. The van der Waals surface area contributed by atoms with Crippen LogP contribution < -0.4 is 15.3 Å². The summed E-state index contributed by atoms with van der Waals surface area (Å²) in [7, 11) is 0. The number of aliphatic carboxylic acids is 3. The molecular weight excluding hydrogens is 745 g/mol. The van der Waals surface area contributed by atoms with Crippen molar-refractivity contribution in [2.75, 3.05) is 0 Å². The largest absolute Gasteiger partial charge is 3.00 e. The Morgan fingerprint density at radius 3 is 0.673 bits per heavy atom. The molecule has 3 atom stereocenters. The maximum atomic E-state index is 11.3. The van der Waals surface area contributed by atoms with Gasteiger partial charge in [-0.1, -0.05) is 178 Å². The van der Waals surface area contributed by atoms with Gasteiger partial charge in [0.25, 0.3) is 0 Å². The molecule has 0 heterocycles. The Hall–Kier alpha value is -0.239. The summed E-state index contributed by atoms with van der Waals surface area (Å²) in [6.45, 7) is 18.6. The summed E-state index contributed by atoms with van der Waals surface area (Å²) in [5.41, 5.74) is -1.66. The predicted octanol–water partition coefficient (Wildman–Crippen LogP) is 9.88. The molecule has 0 spiro atoms. The van der Waals surface area contributed by atoms with Gasteiger partial charge in [0.2, 0.25) is 0 Å². The van der Waals surface area contributed by atoms with E-state index < -0.39 is 34.2 Å². The van der Waals surface area contributed by atoms with Crippen LogP contribution in [-0.2, 0) is 14.4 Å². The maximum Gasteiger partial charge on any atom is 3.00 e. The van der Waals surface area contributed by atoms with E-state index in [1.165, 1.54) is 57.8 Å². The second-order valence-corrected chi connectivity index (χ2v) is 14.5. The van der Waals surface area contributed by atoms with Gasteiger partial charge < -0.3 is 29.7 Å². The van der Waals surface area contributed by atoms with Gasteiger partial charge in [0.15, 0.2) is 0 Å². The molecule has 0 aromatic heterocycles. The summed E-state index contributed by atoms with van der Waals surface area (Å²) in [5, 5.41) is 33.8. The normalized spacial score (nSPS) is 14.4. The number of carboxylic acid groups (broad SMARTS) is 3. The quantitative estimate of drug-likeness (QED) is 0.0666. The number of carboxylic acids is 3. The molecule has 289 valence electrons. The van der Waals surface area contributed by atoms with Gasteiger partial charge in [0.1, 0.15) is 0 Å². The van der Waals surface area contributed by atoms with Gasteiger partial charge in [-0.25, -0.2) is 0 Å². The second-order valence-electron chi connectivity index (χ2n) is 14.5. The molecule has 0 aliphatic rings. The van der Waals surface area contributed by atoms with Gasteiger partial charge >= 0.3 is 40.8 Å². The molecule has 0 fully saturated rings. The molecule has 0 bridgehead atoms. The molecule has 0 saturated carbocycles. The van der Waals surface area contributed by atoms with E-state index >= 15 is 0 Å². The minimum atomic E-state index is -0.840. The molecule has 0 rings (SSSR count). The third-order valence-corrected chi connectivity index (χ3v) is 10.8. The van der Waals surface area contributed by atoms with Crippen LogP contribution in [0.15, 0.2) is 0 Å². The zero-order valence-electron chi connectivity index (χ0n) is 34.0. The van der Waals surface area contributed by atoms with E-state index in [9.17, 15) is 29.7 Å². The van der Waals surface area contributed by atoms with Gasteiger partial charge in [0, 0.05) is 34.2 Å². The maximum absolute atomic E-state index is 11.3. The standard InChI is InChI=1S/3C14H28O2.Nd/c3*1-4-7-8-9-10-12-14(6-3,11-5-2)13(15)16;/h3*4-12H2,1-3H3,(H,15,16);/q;;;+3/p-3. The molecule has 0 aromatic carbocycles. The molecule has 0 amide bonds. The summed E-state index contributed by atoms with van der Waals surface area (Å²) in [5.74, 6) is -2.52. The van der Waals surface area contributed by atoms with Crippen LogP contribution in [0, 0.1) is 57.1 Å². The summed E-state index contributed by atoms with van der Waals surface area (Å²) in [4.78, 5) is 33.8. The fraction of sp³-hybridized carbons (Fsp3) is 0.929. The summed E-state index contributed by atoms with van der Waals surface area (Å²) >= 11 is 0. The van der Waals surface area contributed by atoms with Crippen molar-refractivity contribution in [3.05, 3.63) is 0 Å². The van der Waals surface area contributed by atoms with Crippen molar-refractivity contribution < 1.29 is 70.5 Å². The predicted molar refractivity (Wildman–Crippen MR) is 198 cm³/mol. The molecule has 6 nitrogen and oxygen atoms in total. The Labute approximate surface area is 338 Å². The van der Waals surface area contributed by atoms with Gasteiger partial charge in [-0.2, -0.15) is 0 Å². The van der Waals surface area contributed by atoms with Crippen molar-refractivity contribution in [1.29, 1.82) is 0 Å². The molecule has 49 heavy (non-hydrogen) atoms. The molecule has 0 aliphatic heterocycles. The van der Waals surface area contributed by atoms with Crippen LogP contribution in [0.1, 0.15) is 236 Å².